The monoisotopic (exact) mass is 173 g/mol. The maximum absolute atomic E-state index is 10.6. The summed E-state index contributed by atoms with van der Waals surface area (Å²) in [5.41, 5.74) is -0.547. The first kappa shape index (κ1) is 11.0. The Balaban J connectivity index is 4.24. The predicted octanol–water partition coefficient (Wildman–Crippen LogP) is 1.88. The summed E-state index contributed by atoms with van der Waals surface area (Å²) in [4.78, 5) is 15.6. The van der Waals surface area contributed by atoms with Gasteiger partial charge in [-0.25, -0.2) is 4.79 Å². The molecule has 0 saturated heterocycles. The quantitative estimate of drug-likeness (QED) is 0.523. The first-order valence-electron chi connectivity index (χ1n) is 3.66. The molecule has 0 aromatic rings. The van der Waals surface area contributed by atoms with Crippen molar-refractivity contribution in [3.63, 3.8) is 0 Å². The van der Waals surface area contributed by atoms with Crippen LogP contribution in [0.4, 0.5) is 4.79 Å². The maximum Gasteiger partial charge on any atom is 0.431 e. The zero-order chi connectivity index (χ0) is 9.78. The van der Waals surface area contributed by atoms with Gasteiger partial charge in [-0.2, -0.15) is 5.06 Å². The highest BCUT2D eigenvalue weighted by Crippen LogP contribution is 2.13. The van der Waals surface area contributed by atoms with Crippen LogP contribution in [0.25, 0.3) is 0 Å². The second kappa shape index (κ2) is 4.11. The van der Waals surface area contributed by atoms with Gasteiger partial charge in [0.05, 0.1) is 12.1 Å². The summed E-state index contributed by atoms with van der Waals surface area (Å²) in [5.74, 6) is 0. The van der Waals surface area contributed by atoms with Crippen molar-refractivity contribution in [3.8, 4) is 0 Å². The SMILES string of the molecule is C=CCON(C(=O)O)C(C)(C)C. The second-order valence-electron chi connectivity index (χ2n) is 3.33. The van der Waals surface area contributed by atoms with Gasteiger partial charge in [0.1, 0.15) is 0 Å². The fraction of sp³-hybridized carbons (Fsp3) is 0.625. The molecule has 4 heteroatoms. The number of hydroxylamine groups is 2. The molecule has 0 aromatic heterocycles. The van der Waals surface area contributed by atoms with E-state index in [0.717, 1.165) is 5.06 Å². The number of hydrogen-bond donors (Lipinski definition) is 1. The molecule has 0 heterocycles. The number of carbonyl (C=O) groups is 1. The molecule has 0 aliphatic carbocycles. The highest BCUT2D eigenvalue weighted by atomic mass is 16.7. The Morgan fingerprint density at radius 3 is 2.42 bits per heavy atom. The van der Waals surface area contributed by atoms with Crippen LogP contribution in [0, 0.1) is 0 Å². The molecule has 0 aromatic carbocycles. The summed E-state index contributed by atoms with van der Waals surface area (Å²) in [6, 6.07) is 0. The molecule has 12 heavy (non-hydrogen) atoms. The molecule has 0 aliphatic heterocycles. The topological polar surface area (TPSA) is 49.8 Å². The Kier molecular flexibility index (Phi) is 3.76. The van der Waals surface area contributed by atoms with Crippen molar-refractivity contribution < 1.29 is 14.7 Å². The molecule has 0 atom stereocenters. The Labute approximate surface area is 72.4 Å². The lowest BCUT2D eigenvalue weighted by Crippen LogP contribution is -2.44. The molecule has 0 aliphatic rings. The highest BCUT2D eigenvalue weighted by molar-refractivity contribution is 5.64. The largest absolute Gasteiger partial charge is 0.463 e. The van der Waals surface area contributed by atoms with Crippen molar-refractivity contribution in [1.82, 2.24) is 5.06 Å². The zero-order valence-corrected chi connectivity index (χ0v) is 7.70. The number of hydrogen-bond acceptors (Lipinski definition) is 2. The van der Waals surface area contributed by atoms with Gasteiger partial charge in [-0.1, -0.05) is 6.08 Å². The molecule has 0 bridgehead atoms. The van der Waals surface area contributed by atoms with Crippen LogP contribution in [-0.4, -0.2) is 28.4 Å². The highest BCUT2D eigenvalue weighted by Gasteiger charge is 2.26. The van der Waals surface area contributed by atoms with E-state index in [1.165, 1.54) is 6.08 Å². The summed E-state index contributed by atoms with van der Waals surface area (Å²) < 4.78 is 0. The molecular weight excluding hydrogens is 158 g/mol. The number of rotatable bonds is 3. The van der Waals surface area contributed by atoms with Gasteiger partial charge in [0.2, 0.25) is 0 Å². The smallest absolute Gasteiger partial charge is 0.431 e. The minimum absolute atomic E-state index is 0.198. The Bertz CT molecular complexity index is 172. The molecule has 0 radical (unpaired) electrons. The Morgan fingerprint density at radius 1 is 1.67 bits per heavy atom. The van der Waals surface area contributed by atoms with E-state index in [1.807, 2.05) is 0 Å². The lowest BCUT2D eigenvalue weighted by molar-refractivity contribution is -0.169. The van der Waals surface area contributed by atoms with Crippen LogP contribution in [0.1, 0.15) is 20.8 Å². The van der Waals surface area contributed by atoms with E-state index in [9.17, 15) is 4.79 Å². The zero-order valence-electron chi connectivity index (χ0n) is 7.70. The van der Waals surface area contributed by atoms with Gasteiger partial charge in [-0.3, -0.25) is 4.84 Å². The van der Waals surface area contributed by atoms with Gasteiger partial charge in [-0.15, -0.1) is 6.58 Å². The summed E-state index contributed by atoms with van der Waals surface area (Å²) in [5, 5.41) is 9.61. The van der Waals surface area contributed by atoms with Crippen LogP contribution in [-0.2, 0) is 4.84 Å². The third kappa shape index (κ3) is 3.39. The van der Waals surface area contributed by atoms with Crippen molar-refractivity contribution in [3.05, 3.63) is 12.7 Å². The number of amides is 1. The fourth-order valence-electron chi connectivity index (χ4n) is 0.663. The normalized spacial score (nSPS) is 10.9. The molecular formula is C8H15NO3. The van der Waals surface area contributed by atoms with Crippen LogP contribution >= 0.6 is 0 Å². The van der Waals surface area contributed by atoms with Crippen LogP contribution in [0.3, 0.4) is 0 Å². The summed E-state index contributed by atoms with van der Waals surface area (Å²) in [7, 11) is 0. The van der Waals surface area contributed by atoms with Gasteiger partial charge < -0.3 is 5.11 Å². The average Bonchev–Trinajstić information content (AvgIpc) is 1.84. The Hall–Kier alpha value is -1.03. The van der Waals surface area contributed by atoms with Crippen molar-refractivity contribution >= 4 is 6.09 Å². The van der Waals surface area contributed by atoms with Crippen LogP contribution < -0.4 is 0 Å². The molecule has 4 nitrogen and oxygen atoms in total. The lowest BCUT2D eigenvalue weighted by Gasteiger charge is -2.30. The van der Waals surface area contributed by atoms with Gasteiger partial charge in [0, 0.05) is 0 Å². The van der Waals surface area contributed by atoms with E-state index >= 15 is 0 Å². The molecule has 1 amide bonds. The van der Waals surface area contributed by atoms with Crippen molar-refractivity contribution in [2.75, 3.05) is 6.61 Å². The van der Waals surface area contributed by atoms with Crippen molar-refractivity contribution in [2.24, 2.45) is 0 Å². The summed E-state index contributed by atoms with van der Waals surface area (Å²) >= 11 is 0. The van der Waals surface area contributed by atoms with Gasteiger partial charge in [0.25, 0.3) is 0 Å². The standard InChI is InChI=1S/C8H15NO3/c1-5-6-12-9(7(10)11)8(2,3)4/h5H,1,6H2,2-4H3,(H,10,11). The summed E-state index contributed by atoms with van der Waals surface area (Å²) in [6.07, 6.45) is 0.408. The van der Waals surface area contributed by atoms with Crippen LogP contribution in [0.5, 0.6) is 0 Å². The van der Waals surface area contributed by atoms with Gasteiger partial charge in [0.15, 0.2) is 0 Å². The van der Waals surface area contributed by atoms with E-state index < -0.39 is 11.6 Å². The lowest BCUT2D eigenvalue weighted by atomic mass is 10.1. The van der Waals surface area contributed by atoms with Crippen molar-refractivity contribution in [1.29, 1.82) is 0 Å². The number of carboxylic acid groups (broad SMARTS) is 1. The van der Waals surface area contributed by atoms with E-state index in [-0.39, 0.29) is 6.61 Å². The fourth-order valence-corrected chi connectivity index (χ4v) is 0.663. The number of nitrogens with zero attached hydrogens (tertiary/aromatic N) is 1. The minimum atomic E-state index is -1.09. The molecule has 0 fully saturated rings. The third-order valence-electron chi connectivity index (χ3n) is 1.10. The molecule has 70 valence electrons. The molecule has 0 spiro atoms. The first-order chi connectivity index (χ1) is 5.39. The summed E-state index contributed by atoms with van der Waals surface area (Å²) in [6.45, 7) is 8.89. The predicted molar refractivity (Wildman–Crippen MR) is 45.8 cm³/mol. The molecule has 1 N–H and O–H groups in total. The molecule has 0 rings (SSSR count). The van der Waals surface area contributed by atoms with E-state index in [1.54, 1.807) is 20.8 Å². The first-order valence-corrected chi connectivity index (χ1v) is 3.66. The maximum atomic E-state index is 10.6. The Morgan fingerprint density at radius 2 is 2.17 bits per heavy atom. The minimum Gasteiger partial charge on any atom is -0.463 e. The molecule has 0 unspecified atom stereocenters. The van der Waals surface area contributed by atoms with E-state index in [4.69, 9.17) is 9.94 Å². The van der Waals surface area contributed by atoms with Gasteiger partial charge in [-0.05, 0) is 20.8 Å². The van der Waals surface area contributed by atoms with Gasteiger partial charge >= 0.3 is 6.09 Å². The average molecular weight is 173 g/mol. The van der Waals surface area contributed by atoms with E-state index in [0.29, 0.717) is 0 Å². The third-order valence-corrected chi connectivity index (χ3v) is 1.10. The van der Waals surface area contributed by atoms with Crippen LogP contribution in [0.2, 0.25) is 0 Å². The van der Waals surface area contributed by atoms with Crippen molar-refractivity contribution in [2.45, 2.75) is 26.3 Å². The van der Waals surface area contributed by atoms with E-state index in [2.05, 4.69) is 6.58 Å². The van der Waals surface area contributed by atoms with Crippen LogP contribution in [0.15, 0.2) is 12.7 Å². The molecule has 0 saturated carbocycles. The second-order valence-corrected chi connectivity index (χ2v) is 3.33.